The van der Waals surface area contributed by atoms with Crippen molar-refractivity contribution in [1.29, 1.82) is 0 Å². The fourth-order valence-corrected chi connectivity index (χ4v) is 7.80. The summed E-state index contributed by atoms with van der Waals surface area (Å²) in [6.45, 7) is 2.24. The fraction of sp³-hybridized carbons (Fsp3) is 0.312. The predicted octanol–water partition coefficient (Wildman–Crippen LogP) is 1.02. The first-order chi connectivity index (χ1) is 15.1. The number of rotatable bonds is 9. The lowest BCUT2D eigenvalue weighted by atomic mass is 10.4. The predicted molar refractivity (Wildman–Crippen MR) is 130 cm³/mol. The molecule has 0 unspecified atom stereocenters. The Bertz CT molecular complexity index is 1250. The van der Waals surface area contributed by atoms with Gasteiger partial charge in [-0.25, -0.2) is 26.5 Å². The molecule has 2 heterocycles. The average Bonchev–Trinajstić information content (AvgIpc) is 3.13. The van der Waals surface area contributed by atoms with Crippen LogP contribution in [0.3, 0.4) is 0 Å². The van der Waals surface area contributed by atoms with Gasteiger partial charge < -0.3 is 11.5 Å². The van der Waals surface area contributed by atoms with Crippen LogP contribution in [0.15, 0.2) is 48.3 Å². The molecule has 11 nitrogen and oxygen atoms in total. The highest BCUT2D eigenvalue weighted by Gasteiger charge is 2.29. The topological polar surface area (TPSA) is 182 Å². The Balaban J connectivity index is 1.60. The first-order valence-corrected chi connectivity index (χ1v) is 14.9. The van der Waals surface area contributed by atoms with Gasteiger partial charge in [-0.05, 0) is 18.2 Å². The van der Waals surface area contributed by atoms with Crippen molar-refractivity contribution in [3.63, 3.8) is 0 Å². The molecule has 0 fully saturated rings. The normalized spacial score (nSPS) is 16.3. The van der Waals surface area contributed by atoms with Gasteiger partial charge in [-0.15, -0.1) is 11.3 Å². The lowest BCUT2D eigenvalue weighted by Gasteiger charge is -2.20. The van der Waals surface area contributed by atoms with Crippen molar-refractivity contribution in [2.45, 2.75) is 27.4 Å². The summed E-state index contributed by atoms with van der Waals surface area (Å²) in [5.41, 5.74) is 11.5. The van der Waals surface area contributed by atoms with Crippen LogP contribution in [0.4, 0.5) is 5.13 Å². The highest BCUT2D eigenvalue weighted by Crippen LogP contribution is 2.33. The van der Waals surface area contributed by atoms with Gasteiger partial charge in [0.15, 0.2) is 11.1 Å². The smallest absolute Gasteiger partial charge is 0.264 e. The van der Waals surface area contributed by atoms with Crippen LogP contribution in [0.2, 0.25) is 0 Å². The number of thiazole rings is 1. The van der Waals surface area contributed by atoms with Crippen LogP contribution in [0.1, 0.15) is 12.6 Å². The van der Waals surface area contributed by atoms with Gasteiger partial charge in [0, 0.05) is 28.3 Å². The van der Waals surface area contributed by atoms with Crippen molar-refractivity contribution >= 4 is 71.2 Å². The maximum Gasteiger partial charge on any atom is 0.264 e. The molecule has 1 aliphatic rings. The first-order valence-electron chi connectivity index (χ1n) is 9.11. The molecule has 0 radical (unpaired) electrons. The molecule has 16 heteroatoms. The summed E-state index contributed by atoms with van der Waals surface area (Å²) >= 11 is 4.07. The van der Waals surface area contributed by atoms with Crippen molar-refractivity contribution in [3.8, 4) is 0 Å². The molecule has 1 aromatic heterocycles. The molecule has 0 saturated heterocycles. The van der Waals surface area contributed by atoms with Crippen molar-refractivity contribution in [3.05, 3.63) is 29.3 Å². The number of nitrogens with one attached hydrogen (secondary N) is 2. The van der Waals surface area contributed by atoms with E-state index in [0.717, 1.165) is 23.5 Å². The van der Waals surface area contributed by atoms with Gasteiger partial charge in [0.25, 0.3) is 10.0 Å². The average molecular weight is 536 g/mol. The zero-order valence-corrected chi connectivity index (χ0v) is 20.9. The zero-order chi connectivity index (χ0) is 23.4. The highest BCUT2D eigenvalue weighted by molar-refractivity contribution is 8.16. The zero-order valence-electron chi connectivity index (χ0n) is 16.8. The summed E-state index contributed by atoms with van der Waals surface area (Å²) in [4.78, 5) is 12.7. The number of thioether (sulfide) groups is 2. The Morgan fingerprint density at radius 2 is 2.12 bits per heavy atom. The second kappa shape index (κ2) is 10.4. The maximum atomic E-state index is 12.6. The van der Waals surface area contributed by atoms with Crippen molar-refractivity contribution in [1.82, 2.24) is 14.4 Å². The molecule has 2 aromatic rings. The molecular formula is C16H21N7O4S5. The highest BCUT2D eigenvalue weighted by atomic mass is 32.2. The summed E-state index contributed by atoms with van der Waals surface area (Å²) in [6.07, 6.45) is 0. The van der Waals surface area contributed by atoms with Crippen molar-refractivity contribution in [2.24, 2.45) is 21.5 Å². The van der Waals surface area contributed by atoms with Crippen LogP contribution in [0.5, 0.6) is 0 Å². The number of benzene rings is 1. The second-order valence-electron chi connectivity index (χ2n) is 6.21. The summed E-state index contributed by atoms with van der Waals surface area (Å²) in [5.74, 6) is 1.25. The van der Waals surface area contributed by atoms with Crippen LogP contribution >= 0.6 is 34.9 Å². The summed E-state index contributed by atoms with van der Waals surface area (Å²) < 4.78 is 54.3. The van der Waals surface area contributed by atoms with E-state index in [9.17, 15) is 16.8 Å². The fourth-order valence-electron chi connectivity index (χ4n) is 2.50. The molecule has 6 N–H and O–H groups in total. The van der Waals surface area contributed by atoms with E-state index in [4.69, 9.17) is 11.5 Å². The first kappa shape index (κ1) is 24.8. The number of nitrogens with zero attached hydrogens (tertiary/aromatic N) is 3. The molecule has 0 atom stereocenters. The number of guanidine groups is 1. The van der Waals surface area contributed by atoms with Gasteiger partial charge in [0.1, 0.15) is 4.90 Å². The minimum atomic E-state index is -3.92. The molecule has 1 aromatic carbocycles. The van der Waals surface area contributed by atoms with Crippen molar-refractivity contribution < 1.29 is 16.8 Å². The lowest BCUT2D eigenvalue weighted by Crippen LogP contribution is -2.33. The van der Waals surface area contributed by atoms with Crippen LogP contribution in [-0.2, 0) is 25.8 Å². The van der Waals surface area contributed by atoms with Gasteiger partial charge in [-0.3, -0.25) is 9.71 Å². The molecule has 0 spiro atoms. The van der Waals surface area contributed by atoms with Crippen LogP contribution < -0.4 is 20.9 Å². The monoisotopic (exact) mass is 535 g/mol. The number of fused-ring (bicyclic) bond motifs is 1. The number of sulfonamides is 2. The quantitative estimate of drug-likeness (QED) is 0.207. The lowest BCUT2D eigenvalue weighted by molar-refractivity contribution is 0.582. The van der Waals surface area contributed by atoms with E-state index in [1.54, 1.807) is 18.7 Å². The van der Waals surface area contributed by atoms with Crippen molar-refractivity contribution in [2.75, 3.05) is 18.8 Å². The molecular weight excluding hydrogens is 515 g/mol. The van der Waals surface area contributed by atoms with Crippen LogP contribution in [-0.4, -0.2) is 51.8 Å². The molecule has 0 bridgehead atoms. The van der Waals surface area contributed by atoms with E-state index in [1.807, 2.05) is 5.38 Å². The molecule has 174 valence electrons. The maximum absolute atomic E-state index is 12.6. The SMILES string of the molecule is CCNS(=O)(=O)c1ccc2c(c1)S(=O)(=O)NC(=NCCSCc1csc(N=C(N)N)n1)S2. The number of nitrogens with two attached hydrogens (primary N) is 2. The molecule has 0 saturated carbocycles. The summed E-state index contributed by atoms with van der Waals surface area (Å²) in [6, 6.07) is 4.01. The summed E-state index contributed by atoms with van der Waals surface area (Å²) in [5, 5.41) is 2.60. The van der Waals surface area contributed by atoms with Gasteiger partial charge in [-0.1, -0.05) is 18.7 Å². The molecule has 0 amide bonds. The van der Waals surface area contributed by atoms with Gasteiger partial charge in [0.2, 0.25) is 15.2 Å². The Kier molecular flexibility index (Phi) is 8.05. The van der Waals surface area contributed by atoms with E-state index in [2.05, 4.69) is 24.4 Å². The number of hydrogen-bond acceptors (Lipinski definition) is 10. The minimum Gasteiger partial charge on any atom is -0.370 e. The third-order valence-corrected chi connectivity index (χ3v) is 9.72. The standard InChI is InChI=1S/C16H21N7O4S5/c1-2-20-31(24,25)11-3-4-12-13(7-11)32(26,27)23-15(30-12)19-5-6-28-8-10-9-29-16(21-10)22-14(17)18/h3-4,7,9,20H,2,5-6,8H2,1H3,(H,19,23)(H4,17,18,21,22). The minimum absolute atomic E-state index is 0.0427. The Hall–Kier alpha value is -1.85. The van der Waals surface area contributed by atoms with E-state index in [-0.39, 0.29) is 27.5 Å². The molecule has 3 rings (SSSR count). The number of aliphatic imine (C=N–C) groups is 2. The largest absolute Gasteiger partial charge is 0.370 e. The van der Waals surface area contributed by atoms with Gasteiger partial charge >= 0.3 is 0 Å². The number of hydrogen-bond donors (Lipinski definition) is 4. The van der Waals surface area contributed by atoms with E-state index in [1.165, 1.54) is 23.5 Å². The third-order valence-electron chi connectivity index (χ3n) is 3.78. The summed E-state index contributed by atoms with van der Waals surface area (Å²) in [7, 11) is -7.69. The van der Waals surface area contributed by atoms with Gasteiger partial charge in [-0.2, -0.15) is 16.8 Å². The molecule has 0 aliphatic carbocycles. The number of aromatic nitrogens is 1. The Labute approximate surface area is 198 Å². The van der Waals surface area contributed by atoms with E-state index >= 15 is 0 Å². The van der Waals surface area contributed by atoms with E-state index in [0.29, 0.717) is 28.1 Å². The van der Waals surface area contributed by atoms with E-state index < -0.39 is 20.0 Å². The third kappa shape index (κ3) is 6.35. The molecule has 1 aliphatic heterocycles. The molecule has 32 heavy (non-hydrogen) atoms. The van der Waals surface area contributed by atoms with Gasteiger partial charge in [0.05, 0.1) is 17.1 Å². The Morgan fingerprint density at radius 3 is 2.84 bits per heavy atom. The van der Waals surface area contributed by atoms with Crippen LogP contribution in [0, 0.1) is 0 Å². The second-order valence-corrected chi connectivity index (χ2v) is 12.6. The Morgan fingerprint density at radius 1 is 1.34 bits per heavy atom. The number of amidine groups is 1. The van der Waals surface area contributed by atoms with Crippen LogP contribution in [0.25, 0.3) is 0 Å².